The lowest BCUT2D eigenvalue weighted by Crippen LogP contribution is -2.54. The molecule has 5 atom stereocenters. The Morgan fingerprint density at radius 1 is 1.47 bits per heavy atom. The second-order valence-electron chi connectivity index (χ2n) is 4.95. The number of likely N-dealkylation sites (N-methyl/N-ethyl adjacent to an activating group) is 1. The molecule has 0 aliphatic carbocycles. The summed E-state index contributed by atoms with van der Waals surface area (Å²) in [7, 11) is 5.55. The third-order valence-electron chi connectivity index (χ3n) is 3.17. The van der Waals surface area contributed by atoms with Gasteiger partial charge in [-0.05, 0) is 34.4 Å². The van der Waals surface area contributed by atoms with Crippen LogP contribution in [0.5, 0.6) is 0 Å². The van der Waals surface area contributed by atoms with E-state index in [9.17, 15) is 5.11 Å². The van der Waals surface area contributed by atoms with Crippen molar-refractivity contribution in [1.29, 1.82) is 0 Å². The van der Waals surface area contributed by atoms with Gasteiger partial charge in [-0.25, -0.2) is 0 Å². The van der Waals surface area contributed by atoms with Crippen molar-refractivity contribution in [2.24, 2.45) is 0 Å². The molecule has 0 aromatic heterocycles. The van der Waals surface area contributed by atoms with Gasteiger partial charge < -0.3 is 24.2 Å². The average Bonchev–Trinajstić information content (AvgIpc) is 2.28. The zero-order valence-electron chi connectivity index (χ0n) is 11.4. The number of hydrogen-bond acceptors (Lipinski definition) is 5. The zero-order valence-corrected chi connectivity index (χ0v) is 11.4. The van der Waals surface area contributed by atoms with Crippen LogP contribution in [0.15, 0.2) is 0 Å². The molecule has 0 aromatic rings. The second kappa shape index (κ2) is 6.66. The Morgan fingerprint density at radius 3 is 2.65 bits per heavy atom. The Hall–Kier alpha value is -0.200. The topological polar surface area (TPSA) is 51.2 Å². The summed E-state index contributed by atoms with van der Waals surface area (Å²) >= 11 is 0. The van der Waals surface area contributed by atoms with Gasteiger partial charge in [0.1, 0.15) is 6.10 Å². The van der Waals surface area contributed by atoms with Crippen LogP contribution in [-0.2, 0) is 14.2 Å². The highest BCUT2D eigenvalue weighted by molar-refractivity contribution is 4.85. The summed E-state index contributed by atoms with van der Waals surface area (Å²) < 4.78 is 16.3. The molecule has 0 saturated carbocycles. The monoisotopic (exact) mass is 247 g/mol. The van der Waals surface area contributed by atoms with Gasteiger partial charge in [0.2, 0.25) is 0 Å². The van der Waals surface area contributed by atoms with E-state index in [4.69, 9.17) is 14.2 Å². The molecule has 5 heteroatoms. The molecule has 1 aliphatic rings. The number of methoxy groups -OCH3 is 1. The standard InChI is InChI=1S/C12H25NO4/c1-8-6-10(13(3)4)11(14)12(17-8)16-7-9(2)15-5/h8-12,14H,6-7H2,1-5H3. The van der Waals surface area contributed by atoms with E-state index in [1.54, 1.807) is 7.11 Å². The smallest absolute Gasteiger partial charge is 0.185 e. The van der Waals surface area contributed by atoms with Gasteiger partial charge >= 0.3 is 0 Å². The van der Waals surface area contributed by atoms with Crippen LogP contribution in [0.1, 0.15) is 20.3 Å². The number of nitrogens with zero attached hydrogens (tertiary/aromatic N) is 1. The highest BCUT2D eigenvalue weighted by Crippen LogP contribution is 2.23. The number of aliphatic hydroxyl groups excluding tert-OH is 1. The van der Waals surface area contributed by atoms with E-state index in [1.807, 2.05) is 32.8 Å². The minimum atomic E-state index is -0.620. The second-order valence-corrected chi connectivity index (χ2v) is 4.95. The van der Waals surface area contributed by atoms with Crippen LogP contribution >= 0.6 is 0 Å². The molecule has 0 bridgehead atoms. The van der Waals surface area contributed by atoms with Crippen LogP contribution in [0.3, 0.4) is 0 Å². The van der Waals surface area contributed by atoms with Gasteiger partial charge in [0.05, 0.1) is 18.8 Å². The van der Waals surface area contributed by atoms with E-state index in [0.717, 1.165) is 6.42 Å². The lowest BCUT2D eigenvalue weighted by atomic mass is 9.99. The molecule has 1 aliphatic heterocycles. The predicted molar refractivity (Wildman–Crippen MR) is 64.9 cm³/mol. The lowest BCUT2D eigenvalue weighted by molar-refractivity contribution is -0.258. The summed E-state index contributed by atoms with van der Waals surface area (Å²) in [6.45, 7) is 4.34. The lowest BCUT2D eigenvalue weighted by Gasteiger charge is -2.41. The molecule has 1 saturated heterocycles. The molecule has 17 heavy (non-hydrogen) atoms. The number of aliphatic hydroxyl groups is 1. The fourth-order valence-corrected chi connectivity index (χ4v) is 1.98. The number of ether oxygens (including phenoxy) is 3. The molecule has 1 heterocycles. The molecule has 1 rings (SSSR count). The number of hydrogen-bond donors (Lipinski definition) is 1. The van der Waals surface area contributed by atoms with Crippen molar-refractivity contribution in [1.82, 2.24) is 4.90 Å². The largest absolute Gasteiger partial charge is 0.386 e. The molecule has 0 amide bonds. The molecule has 0 radical (unpaired) electrons. The molecular weight excluding hydrogens is 222 g/mol. The van der Waals surface area contributed by atoms with Crippen molar-refractivity contribution < 1.29 is 19.3 Å². The quantitative estimate of drug-likeness (QED) is 0.765. The van der Waals surface area contributed by atoms with Crippen molar-refractivity contribution in [3.05, 3.63) is 0 Å². The van der Waals surface area contributed by atoms with Crippen LogP contribution in [0.25, 0.3) is 0 Å². The first-order valence-corrected chi connectivity index (χ1v) is 6.10. The van der Waals surface area contributed by atoms with Crippen LogP contribution in [0.4, 0.5) is 0 Å². The zero-order chi connectivity index (χ0) is 13.0. The maximum atomic E-state index is 10.2. The molecule has 5 nitrogen and oxygen atoms in total. The minimum Gasteiger partial charge on any atom is -0.386 e. The Bertz CT molecular complexity index is 225. The van der Waals surface area contributed by atoms with Gasteiger partial charge in [0, 0.05) is 13.2 Å². The molecule has 1 fully saturated rings. The molecule has 0 aromatic carbocycles. The van der Waals surface area contributed by atoms with E-state index < -0.39 is 12.4 Å². The van der Waals surface area contributed by atoms with E-state index in [1.165, 1.54) is 0 Å². The summed E-state index contributed by atoms with van der Waals surface area (Å²) in [5, 5.41) is 10.2. The Balaban J connectivity index is 2.52. The molecule has 0 spiro atoms. The van der Waals surface area contributed by atoms with E-state index in [-0.39, 0.29) is 18.2 Å². The fraction of sp³-hybridized carbons (Fsp3) is 1.00. The fourth-order valence-electron chi connectivity index (χ4n) is 1.98. The summed E-state index contributed by atoms with van der Waals surface area (Å²) in [6, 6.07) is 0.0709. The van der Waals surface area contributed by atoms with Crippen molar-refractivity contribution >= 4 is 0 Å². The summed E-state index contributed by atoms with van der Waals surface area (Å²) in [6.07, 6.45) is -0.281. The summed E-state index contributed by atoms with van der Waals surface area (Å²) in [5.41, 5.74) is 0. The Kier molecular flexibility index (Phi) is 5.82. The predicted octanol–water partition coefficient (Wildman–Crippen LogP) is 0.464. The van der Waals surface area contributed by atoms with Crippen LogP contribution in [0, 0.1) is 0 Å². The first-order valence-electron chi connectivity index (χ1n) is 6.10. The molecule has 1 N–H and O–H groups in total. The van der Waals surface area contributed by atoms with E-state index >= 15 is 0 Å². The van der Waals surface area contributed by atoms with Crippen molar-refractivity contribution in [3.8, 4) is 0 Å². The van der Waals surface area contributed by atoms with Gasteiger partial charge in [0.15, 0.2) is 6.29 Å². The Morgan fingerprint density at radius 2 is 2.12 bits per heavy atom. The SMILES string of the molecule is COC(C)COC1OC(C)CC(N(C)C)C1O. The normalized spacial score (nSPS) is 36.2. The van der Waals surface area contributed by atoms with Gasteiger partial charge in [-0.15, -0.1) is 0 Å². The summed E-state index contributed by atoms with van der Waals surface area (Å²) in [4.78, 5) is 2.01. The third kappa shape index (κ3) is 4.19. The van der Waals surface area contributed by atoms with E-state index in [2.05, 4.69) is 0 Å². The maximum Gasteiger partial charge on any atom is 0.185 e. The summed E-state index contributed by atoms with van der Waals surface area (Å²) in [5.74, 6) is 0. The molecule has 5 unspecified atom stereocenters. The van der Waals surface area contributed by atoms with Crippen LogP contribution in [-0.4, -0.2) is 68.5 Å². The maximum absolute atomic E-state index is 10.2. The minimum absolute atomic E-state index is 0.000777. The molecule has 102 valence electrons. The van der Waals surface area contributed by atoms with Crippen molar-refractivity contribution in [3.63, 3.8) is 0 Å². The van der Waals surface area contributed by atoms with Gasteiger partial charge in [0.25, 0.3) is 0 Å². The van der Waals surface area contributed by atoms with E-state index in [0.29, 0.717) is 6.61 Å². The highest BCUT2D eigenvalue weighted by atomic mass is 16.7. The highest BCUT2D eigenvalue weighted by Gasteiger charge is 2.37. The van der Waals surface area contributed by atoms with Gasteiger partial charge in [-0.3, -0.25) is 0 Å². The first kappa shape index (κ1) is 14.9. The van der Waals surface area contributed by atoms with Gasteiger partial charge in [-0.1, -0.05) is 0 Å². The molecular formula is C12H25NO4. The Labute approximate surface area is 104 Å². The number of rotatable bonds is 5. The first-order chi connectivity index (χ1) is 7.95. The van der Waals surface area contributed by atoms with Gasteiger partial charge in [-0.2, -0.15) is 0 Å². The average molecular weight is 247 g/mol. The van der Waals surface area contributed by atoms with Crippen LogP contribution < -0.4 is 0 Å². The third-order valence-corrected chi connectivity index (χ3v) is 3.17. The van der Waals surface area contributed by atoms with Crippen LogP contribution in [0.2, 0.25) is 0 Å². The van der Waals surface area contributed by atoms with Crippen molar-refractivity contribution in [2.75, 3.05) is 27.8 Å². The van der Waals surface area contributed by atoms with Crippen molar-refractivity contribution in [2.45, 2.75) is 50.9 Å².